The van der Waals surface area contributed by atoms with E-state index >= 15 is 0 Å². The van der Waals surface area contributed by atoms with Gasteiger partial charge in [-0.2, -0.15) is 4.98 Å². The lowest BCUT2D eigenvalue weighted by Crippen LogP contribution is -2.28. The second-order valence-electron chi connectivity index (χ2n) is 4.37. The lowest BCUT2D eigenvalue weighted by molar-refractivity contribution is 0.311. The van der Waals surface area contributed by atoms with Gasteiger partial charge in [-0.15, -0.1) is 0 Å². The van der Waals surface area contributed by atoms with Crippen LogP contribution in [0, 0.1) is 0 Å². The predicted molar refractivity (Wildman–Crippen MR) is 65.7 cm³/mol. The Morgan fingerprint density at radius 3 is 2.94 bits per heavy atom. The largest absolute Gasteiger partial charge is 0.422 e. The van der Waals surface area contributed by atoms with Gasteiger partial charge in [-0.3, -0.25) is 0 Å². The topological polar surface area (TPSA) is 60.2 Å². The molecule has 1 aromatic carbocycles. The highest BCUT2D eigenvalue weighted by atomic mass is 16.6. The Hall–Kier alpha value is -1.88. The van der Waals surface area contributed by atoms with Crippen molar-refractivity contribution < 1.29 is 9.26 Å². The molecule has 5 nitrogen and oxygen atoms in total. The molecule has 0 spiro atoms. The number of piperidine rings is 1. The highest BCUT2D eigenvalue weighted by Crippen LogP contribution is 2.24. The van der Waals surface area contributed by atoms with Crippen LogP contribution in [-0.2, 0) is 0 Å². The number of nitrogens with one attached hydrogen (secondary N) is 1. The first-order chi connectivity index (χ1) is 8.92. The highest BCUT2D eigenvalue weighted by Gasteiger charge is 2.21. The Morgan fingerprint density at radius 2 is 2.17 bits per heavy atom. The third kappa shape index (κ3) is 2.51. The molecule has 0 amide bonds. The van der Waals surface area contributed by atoms with Crippen molar-refractivity contribution in [1.82, 2.24) is 15.5 Å². The maximum absolute atomic E-state index is 5.51. The van der Waals surface area contributed by atoms with Crippen LogP contribution in [0.5, 0.6) is 11.8 Å². The van der Waals surface area contributed by atoms with Crippen molar-refractivity contribution in [2.45, 2.75) is 18.8 Å². The maximum atomic E-state index is 5.51. The van der Waals surface area contributed by atoms with Gasteiger partial charge in [0, 0.05) is 6.54 Å². The van der Waals surface area contributed by atoms with E-state index in [1.807, 2.05) is 30.3 Å². The van der Waals surface area contributed by atoms with Gasteiger partial charge in [0.25, 0.3) is 0 Å². The molecule has 1 fully saturated rings. The molecule has 2 aromatic rings. The number of para-hydroxylation sites is 1. The van der Waals surface area contributed by atoms with Crippen LogP contribution < -0.4 is 10.1 Å². The summed E-state index contributed by atoms with van der Waals surface area (Å²) in [5.41, 5.74) is 0. The second kappa shape index (κ2) is 5.18. The Morgan fingerprint density at radius 1 is 1.28 bits per heavy atom. The Kier molecular flexibility index (Phi) is 3.23. The van der Waals surface area contributed by atoms with E-state index in [0.717, 1.165) is 25.9 Å². The number of rotatable bonds is 3. The molecule has 18 heavy (non-hydrogen) atoms. The molecular weight excluding hydrogens is 230 g/mol. The summed E-state index contributed by atoms with van der Waals surface area (Å²) < 4.78 is 10.8. The minimum Gasteiger partial charge on any atom is -0.422 e. The van der Waals surface area contributed by atoms with Gasteiger partial charge in [0.2, 0.25) is 5.89 Å². The fraction of sp³-hybridized carbons (Fsp3) is 0.385. The fourth-order valence-electron chi connectivity index (χ4n) is 2.08. The van der Waals surface area contributed by atoms with Crippen LogP contribution in [-0.4, -0.2) is 23.2 Å². The van der Waals surface area contributed by atoms with Crippen LogP contribution in [0.2, 0.25) is 0 Å². The smallest absolute Gasteiger partial charge is 0.359 e. The van der Waals surface area contributed by atoms with E-state index < -0.39 is 0 Å². The summed E-state index contributed by atoms with van der Waals surface area (Å²) in [6.45, 7) is 1.96. The van der Waals surface area contributed by atoms with Crippen molar-refractivity contribution >= 4 is 0 Å². The third-order valence-electron chi connectivity index (χ3n) is 3.02. The van der Waals surface area contributed by atoms with Gasteiger partial charge in [0.1, 0.15) is 5.75 Å². The predicted octanol–water partition coefficient (Wildman–Crippen LogP) is 2.33. The molecule has 0 unspecified atom stereocenters. The molecule has 1 aromatic heterocycles. The van der Waals surface area contributed by atoms with Crippen LogP contribution in [0.4, 0.5) is 0 Å². The van der Waals surface area contributed by atoms with Gasteiger partial charge >= 0.3 is 6.01 Å². The number of benzene rings is 1. The van der Waals surface area contributed by atoms with Crippen molar-refractivity contribution in [1.29, 1.82) is 0 Å². The van der Waals surface area contributed by atoms with Gasteiger partial charge in [0.15, 0.2) is 0 Å². The second-order valence-corrected chi connectivity index (χ2v) is 4.37. The maximum Gasteiger partial charge on any atom is 0.359 e. The van der Waals surface area contributed by atoms with Gasteiger partial charge in [-0.1, -0.05) is 18.2 Å². The first-order valence-electron chi connectivity index (χ1n) is 6.19. The van der Waals surface area contributed by atoms with Crippen molar-refractivity contribution in [3.8, 4) is 11.8 Å². The fourth-order valence-corrected chi connectivity index (χ4v) is 2.08. The van der Waals surface area contributed by atoms with Crippen molar-refractivity contribution in [2.24, 2.45) is 0 Å². The Bertz CT molecular complexity index is 492. The zero-order valence-electron chi connectivity index (χ0n) is 10.0. The Balaban J connectivity index is 1.69. The first kappa shape index (κ1) is 11.2. The molecule has 0 bridgehead atoms. The average molecular weight is 245 g/mol. The van der Waals surface area contributed by atoms with E-state index in [9.17, 15) is 0 Å². The third-order valence-corrected chi connectivity index (χ3v) is 3.02. The lowest BCUT2D eigenvalue weighted by Gasteiger charge is -2.18. The molecule has 0 radical (unpaired) electrons. The molecule has 5 heteroatoms. The van der Waals surface area contributed by atoms with Crippen molar-refractivity contribution in [2.75, 3.05) is 13.1 Å². The molecule has 1 saturated heterocycles. The Labute approximate surface area is 105 Å². The molecule has 0 saturated carbocycles. The number of nitrogens with zero attached hydrogens (tertiary/aromatic N) is 2. The average Bonchev–Trinajstić information content (AvgIpc) is 2.89. The minimum absolute atomic E-state index is 0.279. The monoisotopic (exact) mass is 245 g/mol. The lowest BCUT2D eigenvalue weighted by atomic mass is 10.00. The minimum atomic E-state index is 0.279. The molecule has 0 aliphatic carbocycles. The standard InChI is InChI=1S/C13H15N3O2/c1-2-6-11(7-3-1)17-13-15-12(18-16-13)10-5-4-8-14-9-10/h1-3,6-7,10,14H,4-5,8-9H2/t10-/m0/s1. The summed E-state index contributed by atoms with van der Waals surface area (Å²) in [5.74, 6) is 1.68. The number of ether oxygens (including phenoxy) is 1. The molecule has 1 atom stereocenters. The van der Waals surface area contributed by atoms with E-state index in [1.54, 1.807) is 0 Å². The van der Waals surface area contributed by atoms with Crippen LogP contribution in [0.3, 0.4) is 0 Å². The summed E-state index contributed by atoms with van der Waals surface area (Å²) in [7, 11) is 0. The summed E-state index contributed by atoms with van der Waals surface area (Å²) in [4.78, 5) is 4.29. The molecule has 3 rings (SSSR count). The van der Waals surface area contributed by atoms with Crippen LogP contribution in [0.1, 0.15) is 24.7 Å². The van der Waals surface area contributed by atoms with E-state index in [1.165, 1.54) is 0 Å². The first-order valence-corrected chi connectivity index (χ1v) is 6.19. The molecule has 2 heterocycles. The van der Waals surface area contributed by atoms with E-state index in [2.05, 4.69) is 15.5 Å². The van der Waals surface area contributed by atoms with E-state index in [4.69, 9.17) is 9.26 Å². The summed E-state index contributed by atoms with van der Waals surface area (Å²) in [6.07, 6.45) is 2.22. The highest BCUT2D eigenvalue weighted by molar-refractivity contribution is 5.23. The molecular formula is C13H15N3O2. The van der Waals surface area contributed by atoms with E-state index in [-0.39, 0.29) is 6.01 Å². The SMILES string of the molecule is c1ccc(Oc2noc([C@H]3CCCNC3)n2)cc1. The van der Waals surface area contributed by atoms with Crippen LogP contribution in [0.15, 0.2) is 34.9 Å². The quantitative estimate of drug-likeness (QED) is 0.899. The number of aromatic nitrogens is 2. The molecule has 94 valence electrons. The van der Waals surface area contributed by atoms with Crippen molar-refractivity contribution in [3.05, 3.63) is 36.2 Å². The molecule has 1 aliphatic rings. The van der Waals surface area contributed by atoms with E-state index in [0.29, 0.717) is 17.6 Å². The van der Waals surface area contributed by atoms with Gasteiger partial charge in [-0.05, 0) is 36.7 Å². The summed E-state index contributed by atoms with van der Waals surface area (Å²) in [5, 5.41) is 7.17. The van der Waals surface area contributed by atoms with Crippen molar-refractivity contribution in [3.63, 3.8) is 0 Å². The normalized spacial score (nSPS) is 19.7. The van der Waals surface area contributed by atoms with Gasteiger partial charge in [-0.25, -0.2) is 0 Å². The van der Waals surface area contributed by atoms with Gasteiger partial charge in [0.05, 0.1) is 5.92 Å². The summed E-state index contributed by atoms with van der Waals surface area (Å²) in [6, 6.07) is 9.74. The zero-order valence-corrected chi connectivity index (χ0v) is 10.0. The van der Waals surface area contributed by atoms with Crippen LogP contribution in [0.25, 0.3) is 0 Å². The molecule has 1 aliphatic heterocycles. The molecule has 1 N–H and O–H groups in total. The van der Waals surface area contributed by atoms with Crippen LogP contribution >= 0.6 is 0 Å². The zero-order chi connectivity index (χ0) is 12.2. The van der Waals surface area contributed by atoms with Gasteiger partial charge < -0.3 is 14.6 Å². The number of hydrogen-bond donors (Lipinski definition) is 1. The number of hydrogen-bond acceptors (Lipinski definition) is 5. The summed E-state index contributed by atoms with van der Waals surface area (Å²) >= 11 is 0.